The Hall–Kier alpha value is -1.88. The van der Waals surface area contributed by atoms with Crippen molar-refractivity contribution in [1.82, 2.24) is 9.97 Å². The minimum Gasteiger partial charge on any atom is -0.468 e. The van der Waals surface area contributed by atoms with Crippen molar-refractivity contribution in [1.29, 1.82) is 0 Å². The molecule has 5 nitrogen and oxygen atoms in total. The Morgan fingerprint density at radius 3 is 3.25 bits per heavy atom. The van der Waals surface area contributed by atoms with Gasteiger partial charge >= 0.3 is 5.97 Å². The molecule has 0 fully saturated rings. The molecule has 0 unspecified atom stereocenters. The second kappa shape index (κ2) is 4.32. The van der Waals surface area contributed by atoms with Crippen LogP contribution in [0.5, 0.6) is 0 Å². The number of hydrogen-bond acceptors (Lipinski definition) is 4. The van der Waals surface area contributed by atoms with E-state index in [1.54, 1.807) is 6.20 Å². The predicted octanol–water partition coefficient (Wildman–Crippen LogP) is 0.606. The van der Waals surface area contributed by atoms with Gasteiger partial charge in [-0.1, -0.05) is 0 Å². The van der Waals surface area contributed by atoms with Gasteiger partial charge in [0.25, 0.3) is 0 Å². The fraction of sp³-hybridized carbons (Fsp3) is 0.273. The lowest BCUT2D eigenvalue weighted by Crippen LogP contribution is -2.33. The fourth-order valence-corrected chi connectivity index (χ4v) is 1.59. The number of methoxy groups -OCH3 is 1. The number of ether oxygens (including phenoxy) is 1. The summed E-state index contributed by atoms with van der Waals surface area (Å²) in [5.74, 6) is -0.408. The summed E-state index contributed by atoms with van der Waals surface area (Å²) < 4.78 is 4.57. The summed E-state index contributed by atoms with van der Waals surface area (Å²) in [6.07, 6.45) is 3.96. The van der Waals surface area contributed by atoms with E-state index >= 15 is 0 Å². The van der Waals surface area contributed by atoms with Crippen molar-refractivity contribution in [3.63, 3.8) is 0 Å². The topological polar surface area (TPSA) is 81.0 Å². The maximum atomic E-state index is 11.2. The normalized spacial score (nSPS) is 12.6. The third-order valence-electron chi connectivity index (χ3n) is 2.42. The molecule has 1 atom stereocenters. The van der Waals surface area contributed by atoms with Crippen LogP contribution in [0.4, 0.5) is 0 Å². The molecule has 2 aromatic heterocycles. The van der Waals surface area contributed by atoms with Gasteiger partial charge in [-0.25, -0.2) is 4.98 Å². The second-order valence-electron chi connectivity index (χ2n) is 3.59. The molecule has 0 amide bonds. The predicted molar refractivity (Wildman–Crippen MR) is 59.8 cm³/mol. The standard InChI is InChI=1S/C11H13N3O2/c1-16-11(15)9(12)5-7-4-8-2-3-13-10(8)14-6-7/h2-4,6,9H,5,12H2,1H3,(H,13,14)/t9-/m0/s1. The number of H-pyrrole nitrogens is 1. The Labute approximate surface area is 92.6 Å². The van der Waals surface area contributed by atoms with Crippen LogP contribution in [0.15, 0.2) is 24.5 Å². The summed E-state index contributed by atoms with van der Waals surface area (Å²) in [7, 11) is 1.33. The number of nitrogens with zero attached hydrogens (tertiary/aromatic N) is 1. The highest BCUT2D eigenvalue weighted by Crippen LogP contribution is 2.12. The lowest BCUT2D eigenvalue weighted by Gasteiger charge is -2.08. The van der Waals surface area contributed by atoms with Gasteiger partial charge in [0.1, 0.15) is 11.7 Å². The molecule has 0 aromatic carbocycles. The van der Waals surface area contributed by atoms with Gasteiger partial charge in [0.2, 0.25) is 0 Å². The Balaban J connectivity index is 2.17. The molecule has 3 N–H and O–H groups in total. The van der Waals surface area contributed by atoms with Crippen molar-refractivity contribution in [3.8, 4) is 0 Å². The number of fused-ring (bicyclic) bond motifs is 1. The van der Waals surface area contributed by atoms with E-state index in [1.807, 2.05) is 18.3 Å². The lowest BCUT2D eigenvalue weighted by molar-refractivity contribution is -0.142. The maximum absolute atomic E-state index is 11.2. The molecule has 16 heavy (non-hydrogen) atoms. The van der Waals surface area contributed by atoms with E-state index in [-0.39, 0.29) is 0 Å². The fourth-order valence-electron chi connectivity index (χ4n) is 1.59. The Morgan fingerprint density at radius 1 is 1.69 bits per heavy atom. The Bertz CT molecular complexity index is 507. The highest BCUT2D eigenvalue weighted by Gasteiger charge is 2.14. The van der Waals surface area contributed by atoms with Gasteiger partial charge in [-0.15, -0.1) is 0 Å². The number of nitrogens with one attached hydrogen (secondary N) is 1. The summed E-state index contributed by atoms with van der Waals surface area (Å²) in [6, 6.07) is 3.25. The number of carbonyl (C=O) groups is 1. The van der Waals surface area contributed by atoms with E-state index in [1.165, 1.54) is 7.11 Å². The van der Waals surface area contributed by atoms with Crippen molar-refractivity contribution >= 4 is 17.0 Å². The highest BCUT2D eigenvalue weighted by atomic mass is 16.5. The first kappa shape index (κ1) is 10.6. The first-order chi connectivity index (χ1) is 7.70. The molecule has 2 aromatic rings. The molecule has 2 rings (SSSR count). The molecule has 0 saturated heterocycles. The SMILES string of the molecule is COC(=O)[C@@H](N)Cc1cnc2[nH]ccc2c1. The number of aromatic amines is 1. The quantitative estimate of drug-likeness (QED) is 0.741. The van der Waals surface area contributed by atoms with Crippen LogP contribution < -0.4 is 5.73 Å². The average molecular weight is 219 g/mol. The molecular formula is C11H13N3O2. The number of aromatic nitrogens is 2. The van der Waals surface area contributed by atoms with Crippen LogP contribution in [0, 0.1) is 0 Å². The zero-order chi connectivity index (χ0) is 11.5. The molecule has 0 spiro atoms. The molecular weight excluding hydrogens is 206 g/mol. The number of hydrogen-bond donors (Lipinski definition) is 2. The van der Waals surface area contributed by atoms with Gasteiger partial charge in [0.15, 0.2) is 0 Å². The molecule has 5 heteroatoms. The Kier molecular flexibility index (Phi) is 2.87. The van der Waals surface area contributed by atoms with Gasteiger partial charge in [-0.3, -0.25) is 4.79 Å². The van der Waals surface area contributed by atoms with Crippen molar-refractivity contribution < 1.29 is 9.53 Å². The van der Waals surface area contributed by atoms with Crippen LogP contribution in [-0.2, 0) is 16.0 Å². The summed E-state index contributed by atoms with van der Waals surface area (Å²) in [5, 5.41) is 1.01. The summed E-state index contributed by atoms with van der Waals surface area (Å²) in [4.78, 5) is 18.4. The number of nitrogens with two attached hydrogens (primary N) is 1. The van der Waals surface area contributed by atoms with E-state index in [0.29, 0.717) is 6.42 Å². The van der Waals surface area contributed by atoms with Crippen molar-refractivity contribution in [2.45, 2.75) is 12.5 Å². The molecule has 0 aliphatic rings. The van der Waals surface area contributed by atoms with E-state index in [2.05, 4.69) is 14.7 Å². The molecule has 0 aliphatic carbocycles. The minimum absolute atomic E-state index is 0.408. The molecule has 0 bridgehead atoms. The summed E-state index contributed by atoms with van der Waals surface area (Å²) in [6.45, 7) is 0. The average Bonchev–Trinajstić information content (AvgIpc) is 2.75. The molecule has 2 heterocycles. The lowest BCUT2D eigenvalue weighted by atomic mass is 10.1. The van der Waals surface area contributed by atoms with Gasteiger partial charge in [-0.05, 0) is 24.1 Å². The number of carbonyl (C=O) groups excluding carboxylic acids is 1. The van der Waals surface area contributed by atoms with Crippen LogP contribution in [0.2, 0.25) is 0 Å². The number of esters is 1. The molecule has 84 valence electrons. The van der Waals surface area contributed by atoms with Crippen LogP contribution in [0.3, 0.4) is 0 Å². The largest absolute Gasteiger partial charge is 0.468 e. The van der Waals surface area contributed by atoms with Crippen LogP contribution >= 0.6 is 0 Å². The number of rotatable bonds is 3. The van der Waals surface area contributed by atoms with Crippen LogP contribution in [0.1, 0.15) is 5.56 Å². The van der Waals surface area contributed by atoms with Crippen LogP contribution in [0.25, 0.3) is 11.0 Å². The van der Waals surface area contributed by atoms with Crippen molar-refractivity contribution in [3.05, 3.63) is 30.1 Å². The zero-order valence-corrected chi connectivity index (χ0v) is 8.93. The first-order valence-corrected chi connectivity index (χ1v) is 4.96. The van der Waals surface area contributed by atoms with E-state index in [4.69, 9.17) is 5.73 Å². The molecule has 0 aliphatic heterocycles. The smallest absolute Gasteiger partial charge is 0.322 e. The zero-order valence-electron chi connectivity index (χ0n) is 8.93. The third kappa shape index (κ3) is 2.04. The molecule has 0 saturated carbocycles. The van der Waals surface area contributed by atoms with Gasteiger partial charge in [0.05, 0.1) is 7.11 Å². The minimum atomic E-state index is -0.636. The first-order valence-electron chi connectivity index (χ1n) is 4.96. The van der Waals surface area contributed by atoms with E-state index in [0.717, 1.165) is 16.6 Å². The van der Waals surface area contributed by atoms with E-state index in [9.17, 15) is 4.79 Å². The van der Waals surface area contributed by atoms with Crippen molar-refractivity contribution in [2.24, 2.45) is 5.73 Å². The second-order valence-corrected chi connectivity index (χ2v) is 3.59. The maximum Gasteiger partial charge on any atom is 0.322 e. The summed E-state index contributed by atoms with van der Waals surface area (Å²) in [5.41, 5.74) is 7.42. The number of pyridine rings is 1. The Morgan fingerprint density at radius 2 is 2.50 bits per heavy atom. The van der Waals surface area contributed by atoms with Gasteiger partial charge in [-0.2, -0.15) is 0 Å². The highest BCUT2D eigenvalue weighted by molar-refractivity contribution is 5.77. The van der Waals surface area contributed by atoms with Gasteiger partial charge < -0.3 is 15.5 Å². The summed E-state index contributed by atoms with van der Waals surface area (Å²) >= 11 is 0. The van der Waals surface area contributed by atoms with E-state index < -0.39 is 12.0 Å². The van der Waals surface area contributed by atoms with Crippen molar-refractivity contribution in [2.75, 3.05) is 7.11 Å². The van der Waals surface area contributed by atoms with Crippen LogP contribution in [-0.4, -0.2) is 29.1 Å². The molecule has 0 radical (unpaired) electrons. The third-order valence-corrected chi connectivity index (χ3v) is 2.42. The van der Waals surface area contributed by atoms with Gasteiger partial charge in [0, 0.05) is 17.8 Å². The monoisotopic (exact) mass is 219 g/mol.